The normalized spacial score (nSPS) is 22.8. The van der Waals surface area contributed by atoms with E-state index in [1.807, 2.05) is 18.1 Å². The summed E-state index contributed by atoms with van der Waals surface area (Å²) < 4.78 is 8.81. The molecule has 3 aliphatic heterocycles. The lowest BCUT2D eigenvalue weighted by Gasteiger charge is -2.33. The van der Waals surface area contributed by atoms with Crippen molar-refractivity contribution < 1.29 is 4.74 Å². The zero-order chi connectivity index (χ0) is 20.5. The molecule has 160 valence electrons. The van der Waals surface area contributed by atoms with Crippen molar-refractivity contribution in [1.82, 2.24) is 14.1 Å². The topological polar surface area (TPSA) is 31.3 Å². The zero-order valence-electron chi connectivity index (χ0n) is 18.1. The fourth-order valence-electron chi connectivity index (χ4n) is 4.72. The van der Waals surface area contributed by atoms with Crippen molar-refractivity contribution in [2.45, 2.75) is 38.8 Å². The lowest BCUT2D eigenvalue weighted by molar-refractivity contribution is 0.132. The van der Waals surface area contributed by atoms with Gasteiger partial charge in [0.05, 0.1) is 25.0 Å². The van der Waals surface area contributed by atoms with E-state index in [2.05, 4.69) is 51.7 Å². The van der Waals surface area contributed by atoms with Crippen LogP contribution >= 0.6 is 11.9 Å². The number of fused-ring (bicyclic) bond motifs is 1. The van der Waals surface area contributed by atoms with Crippen LogP contribution in [0, 0.1) is 5.92 Å². The molecule has 0 spiro atoms. The molecule has 6 heteroatoms. The molecule has 1 aromatic carbocycles. The van der Waals surface area contributed by atoms with Gasteiger partial charge in [-0.2, -0.15) is 0 Å². The van der Waals surface area contributed by atoms with Crippen molar-refractivity contribution in [2.24, 2.45) is 10.9 Å². The molecule has 4 aliphatic rings. The average Bonchev–Trinajstić information content (AvgIpc) is 3.52. The summed E-state index contributed by atoms with van der Waals surface area (Å²) in [5, 5.41) is 0. The molecule has 1 aromatic rings. The fourth-order valence-corrected chi connectivity index (χ4v) is 5.30. The smallest absolute Gasteiger partial charge is 0.161 e. The Morgan fingerprint density at radius 1 is 1.10 bits per heavy atom. The molecular weight excluding hydrogens is 392 g/mol. The van der Waals surface area contributed by atoms with Gasteiger partial charge in [0.25, 0.3) is 0 Å². The van der Waals surface area contributed by atoms with Crippen molar-refractivity contribution in [2.75, 3.05) is 39.5 Å². The van der Waals surface area contributed by atoms with Crippen molar-refractivity contribution in [1.29, 1.82) is 0 Å². The van der Waals surface area contributed by atoms with Gasteiger partial charge < -0.3 is 9.64 Å². The zero-order valence-corrected chi connectivity index (χ0v) is 19.0. The van der Waals surface area contributed by atoms with E-state index < -0.39 is 0 Å². The van der Waals surface area contributed by atoms with E-state index in [0.717, 1.165) is 37.8 Å². The molecule has 3 heterocycles. The van der Waals surface area contributed by atoms with Gasteiger partial charge in [0.2, 0.25) is 0 Å². The average molecular weight is 425 g/mol. The summed E-state index contributed by atoms with van der Waals surface area (Å²) in [7, 11) is 2.16. The fraction of sp³-hybridized carbons (Fsp3) is 0.542. The quantitative estimate of drug-likeness (QED) is 0.638. The SMILES string of the molecule is CSN1CCC(COC2=CN=C(CN3Cc4ccccc4C3)N(C)C2=C2CC2)CC1. The largest absolute Gasteiger partial charge is 0.489 e. The molecule has 30 heavy (non-hydrogen) atoms. The van der Waals surface area contributed by atoms with E-state index in [-0.39, 0.29) is 0 Å². The maximum atomic E-state index is 6.36. The molecule has 5 rings (SSSR count). The molecule has 1 saturated carbocycles. The highest BCUT2D eigenvalue weighted by molar-refractivity contribution is 7.96. The molecule has 5 nitrogen and oxygen atoms in total. The van der Waals surface area contributed by atoms with Crippen molar-refractivity contribution >= 4 is 17.8 Å². The molecule has 0 unspecified atom stereocenters. The molecule has 0 amide bonds. The number of piperidine rings is 1. The number of nitrogens with zero attached hydrogens (tertiary/aromatic N) is 4. The Labute approximate surface area is 184 Å². The minimum atomic E-state index is 0.651. The summed E-state index contributed by atoms with van der Waals surface area (Å²) in [5.41, 5.74) is 5.69. The first-order valence-electron chi connectivity index (χ1n) is 11.1. The minimum Gasteiger partial charge on any atom is -0.489 e. The van der Waals surface area contributed by atoms with Crippen LogP contribution in [0.2, 0.25) is 0 Å². The van der Waals surface area contributed by atoms with E-state index in [1.54, 1.807) is 0 Å². The van der Waals surface area contributed by atoms with Crippen LogP contribution in [0.3, 0.4) is 0 Å². The Hall–Kier alpha value is -1.76. The molecule has 1 aliphatic carbocycles. The van der Waals surface area contributed by atoms with E-state index >= 15 is 0 Å². The third-order valence-electron chi connectivity index (χ3n) is 6.70. The van der Waals surface area contributed by atoms with Crippen molar-refractivity contribution in [3.8, 4) is 0 Å². The van der Waals surface area contributed by atoms with E-state index in [9.17, 15) is 0 Å². The number of rotatable bonds is 6. The van der Waals surface area contributed by atoms with E-state index in [4.69, 9.17) is 9.73 Å². The predicted molar refractivity (Wildman–Crippen MR) is 124 cm³/mol. The third-order valence-corrected chi connectivity index (χ3v) is 7.58. The van der Waals surface area contributed by atoms with E-state index in [1.165, 1.54) is 61.2 Å². The summed E-state index contributed by atoms with van der Waals surface area (Å²) >= 11 is 1.86. The van der Waals surface area contributed by atoms with Gasteiger partial charge in [0.1, 0.15) is 5.84 Å². The lowest BCUT2D eigenvalue weighted by Crippen LogP contribution is -2.38. The van der Waals surface area contributed by atoms with E-state index in [0.29, 0.717) is 5.92 Å². The highest BCUT2D eigenvalue weighted by Gasteiger charge is 2.31. The first-order chi connectivity index (χ1) is 14.7. The van der Waals surface area contributed by atoms with Crippen LogP contribution in [-0.2, 0) is 17.8 Å². The van der Waals surface area contributed by atoms with Crippen molar-refractivity contribution in [3.63, 3.8) is 0 Å². The van der Waals surface area contributed by atoms with Crippen LogP contribution in [0.25, 0.3) is 0 Å². The molecule has 0 bridgehead atoms. The highest BCUT2D eigenvalue weighted by Crippen LogP contribution is 2.38. The van der Waals surface area contributed by atoms with Crippen LogP contribution in [-0.4, -0.2) is 59.5 Å². The van der Waals surface area contributed by atoms with Crippen LogP contribution in [0.1, 0.15) is 36.8 Å². The van der Waals surface area contributed by atoms with Crippen LogP contribution in [0.15, 0.2) is 52.5 Å². The molecule has 1 saturated heterocycles. The molecule has 0 radical (unpaired) electrons. The van der Waals surface area contributed by atoms with Gasteiger partial charge in [-0.25, -0.2) is 4.99 Å². The van der Waals surface area contributed by atoms with Gasteiger partial charge in [-0.1, -0.05) is 36.2 Å². The maximum absolute atomic E-state index is 6.36. The maximum Gasteiger partial charge on any atom is 0.161 e. The second kappa shape index (κ2) is 8.77. The molecule has 2 fully saturated rings. The minimum absolute atomic E-state index is 0.651. The van der Waals surface area contributed by atoms with Crippen LogP contribution < -0.4 is 0 Å². The number of aliphatic imine (C=N–C) groups is 1. The summed E-state index contributed by atoms with van der Waals surface area (Å²) in [4.78, 5) is 9.61. The second-order valence-corrected chi connectivity index (χ2v) is 9.71. The number of allylic oxidation sites excluding steroid dienone is 1. The molecule has 0 atom stereocenters. The summed E-state index contributed by atoms with van der Waals surface area (Å²) in [5.74, 6) is 2.75. The monoisotopic (exact) mass is 424 g/mol. The summed E-state index contributed by atoms with van der Waals surface area (Å²) in [6.07, 6.45) is 8.98. The van der Waals surface area contributed by atoms with Gasteiger partial charge >= 0.3 is 0 Å². The Kier molecular flexibility index (Phi) is 5.89. The third kappa shape index (κ3) is 4.32. The first kappa shape index (κ1) is 20.2. The van der Waals surface area contributed by atoms with Gasteiger partial charge in [-0.15, -0.1) is 0 Å². The lowest BCUT2D eigenvalue weighted by atomic mass is 9.99. The highest BCUT2D eigenvalue weighted by atomic mass is 32.2. The Bertz CT molecular complexity index is 854. The number of ether oxygens (including phenoxy) is 1. The van der Waals surface area contributed by atoms with Crippen LogP contribution in [0.5, 0.6) is 0 Å². The molecule has 0 N–H and O–H groups in total. The predicted octanol–water partition coefficient (Wildman–Crippen LogP) is 4.24. The molecule has 0 aromatic heterocycles. The first-order valence-corrected chi connectivity index (χ1v) is 12.3. The number of hydrogen-bond acceptors (Lipinski definition) is 6. The van der Waals surface area contributed by atoms with Gasteiger partial charge in [0, 0.05) is 33.2 Å². The summed E-state index contributed by atoms with van der Waals surface area (Å²) in [6.45, 7) is 6.04. The van der Waals surface area contributed by atoms with Crippen LogP contribution in [0.4, 0.5) is 0 Å². The second-order valence-electron chi connectivity index (χ2n) is 8.83. The summed E-state index contributed by atoms with van der Waals surface area (Å²) in [6, 6.07) is 8.77. The van der Waals surface area contributed by atoms with Gasteiger partial charge in [0.15, 0.2) is 5.76 Å². The Balaban J connectivity index is 1.24. The number of hydrogen-bond donors (Lipinski definition) is 0. The number of amidine groups is 1. The van der Waals surface area contributed by atoms with Gasteiger partial charge in [-0.3, -0.25) is 9.21 Å². The Morgan fingerprint density at radius 3 is 2.43 bits per heavy atom. The Morgan fingerprint density at radius 2 is 1.80 bits per heavy atom. The number of likely N-dealkylation sites (N-methyl/N-ethyl adjacent to an activating group) is 1. The molecular formula is C24H32N4OS. The van der Waals surface area contributed by atoms with Crippen molar-refractivity contribution in [3.05, 3.63) is 58.6 Å². The van der Waals surface area contributed by atoms with Gasteiger partial charge in [-0.05, 0) is 54.6 Å². The standard InChI is InChI=1S/C24H32N4OS/c1-26-23(16-27-14-20-5-3-4-6-21(20)15-27)25-13-22(24(26)19-7-8-19)29-17-18-9-11-28(30-2)12-10-18/h3-6,13,18H,7-12,14-17H2,1-2H3. The number of benzene rings is 1.